The Hall–Kier alpha value is -0.760. The normalized spacial score (nSPS) is 11.9. The zero-order chi connectivity index (χ0) is 14.0. The van der Waals surface area contributed by atoms with Crippen molar-refractivity contribution in [1.82, 2.24) is 9.71 Å². The van der Waals surface area contributed by atoms with Crippen molar-refractivity contribution in [3.63, 3.8) is 0 Å². The lowest BCUT2D eigenvalue weighted by atomic mass is 10.4. The molecule has 0 unspecified atom stereocenters. The molecule has 104 valence electrons. The van der Waals surface area contributed by atoms with Gasteiger partial charge in [0.2, 0.25) is 10.0 Å². The van der Waals surface area contributed by atoms with Crippen LogP contribution in [0.3, 0.4) is 0 Å². The summed E-state index contributed by atoms with van der Waals surface area (Å²) in [6.45, 7) is 6.26. The van der Waals surface area contributed by atoms with Crippen LogP contribution in [-0.2, 0) is 16.4 Å². The molecule has 2 aromatic heterocycles. The van der Waals surface area contributed by atoms with E-state index in [1.54, 1.807) is 17.4 Å². The number of sulfonamides is 1. The van der Waals surface area contributed by atoms with Crippen molar-refractivity contribution in [2.75, 3.05) is 6.54 Å². The van der Waals surface area contributed by atoms with Gasteiger partial charge < -0.3 is 0 Å². The minimum absolute atomic E-state index is 0.372. The van der Waals surface area contributed by atoms with E-state index in [9.17, 15) is 8.42 Å². The van der Waals surface area contributed by atoms with Crippen molar-refractivity contribution in [3.8, 4) is 0 Å². The minimum Gasteiger partial charge on any atom is -0.246 e. The lowest BCUT2D eigenvalue weighted by Gasteiger charge is -2.02. The van der Waals surface area contributed by atoms with Crippen LogP contribution in [0.1, 0.15) is 20.5 Å². The van der Waals surface area contributed by atoms with Crippen LogP contribution in [0.15, 0.2) is 16.3 Å². The summed E-state index contributed by atoms with van der Waals surface area (Å²) in [4.78, 5) is 6.57. The van der Waals surface area contributed by atoms with Gasteiger partial charge in [0.1, 0.15) is 4.21 Å². The van der Waals surface area contributed by atoms with Crippen LogP contribution in [0.25, 0.3) is 0 Å². The van der Waals surface area contributed by atoms with Gasteiger partial charge in [0.25, 0.3) is 0 Å². The first-order valence-corrected chi connectivity index (χ1v) is 8.99. The summed E-state index contributed by atoms with van der Waals surface area (Å²) in [7, 11) is -3.37. The monoisotopic (exact) mass is 316 g/mol. The van der Waals surface area contributed by atoms with Crippen molar-refractivity contribution in [3.05, 3.63) is 32.6 Å². The molecule has 0 aromatic carbocycles. The quantitative estimate of drug-likeness (QED) is 0.922. The largest absolute Gasteiger partial charge is 0.250 e. The van der Waals surface area contributed by atoms with Gasteiger partial charge in [-0.3, -0.25) is 0 Å². The number of thiazole rings is 1. The van der Waals surface area contributed by atoms with E-state index in [1.807, 2.05) is 26.8 Å². The van der Waals surface area contributed by atoms with Crippen LogP contribution >= 0.6 is 22.7 Å². The Balaban J connectivity index is 1.95. The van der Waals surface area contributed by atoms with Crippen molar-refractivity contribution >= 4 is 32.7 Å². The Kier molecular flexibility index (Phi) is 4.39. The highest BCUT2D eigenvalue weighted by atomic mass is 32.2. The Labute approximate surface area is 121 Å². The summed E-state index contributed by atoms with van der Waals surface area (Å²) >= 11 is 2.91. The topological polar surface area (TPSA) is 59.1 Å². The average Bonchev–Trinajstić information content (AvgIpc) is 2.87. The molecule has 0 fully saturated rings. The van der Waals surface area contributed by atoms with E-state index in [-0.39, 0.29) is 0 Å². The molecular formula is C12H16N2O2S3. The summed E-state index contributed by atoms with van der Waals surface area (Å²) in [6.07, 6.45) is 0.628. The minimum atomic E-state index is -3.37. The number of hydrogen-bond acceptors (Lipinski definition) is 5. The Morgan fingerprint density at radius 3 is 2.47 bits per heavy atom. The molecule has 7 heteroatoms. The third kappa shape index (κ3) is 3.62. The first-order chi connectivity index (χ1) is 8.88. The third-order valence-corrected chi connectivity index (χ3v) is 6.77. The molecule has 4 nitrogen and oxygen atoms in total. The van der Waals surface area contributed by atoms with Crippen molar-refractivity contribution < 1.29 is 8.42 Å². The van der Waals surface area contributed by atoms with Crippen LogP contribution in [-0.4, -0.2) is 19.9 Å². The Bertz CT molecular complexity index is 651. The molecule has 0 bridgehead atoms. The zero-order valence-corrected chi connectivity index (χ0v) is 13.5. The van der Waals surface area contributed by atoms with Gasteiger partial charge in [0.15, 0.2) is 0 Å². The highest BCUT2D eigenvalue weighted by molar-refractivity contribution is 7.91. The van der Waals surface area contributed by atoms with Gasteiger partial charge in [-0.25, -0.2) is 18.1 Å². The predicted molar refractivity (Wildman–Crippen MR) is 79.5 cm³/mol. The maximum atomic E-state index is 12.0. The summed E-state index contributed by atoms with van der Waals surface area (Å²) in [5, 5.41) is 0.972. The second-order valence-electron chi connectivity index (χ2n) is 4.26. The summed E-state index contributed by atoms with van der Waals surface area (Å²) in [6, 6.07) is 3.45. The van der Waals surface area contributed by atoms with Gasteiger partial charge >= 0.3 is 0 Å². The molecule has 0 atom stereocenters. The second kappa shape index (κ2) is 5.70. The van der Waals surface area contributed by atoms with Gasteiger partial charge in [0, 0.05) is 22.7 Å². The molecule has 0 saturated heterocycles. The fourth-order valence-electron chi connectivity index (χ4n) is 1.57. The van der Waals surface area contributed by atoms with Crippen molar-refractivity contribution in [1.29, 1.82) is 0 Å². The lowest BCUT2D eigenvalue weighted by molar-refractivity contribution is 0.583. The molecule has 19 heavy (non-hydrogen) atoms. The Morgan fingerprint density at radius 1 is 1.21 bits per heavy atom. The zero-order valence-electron chi connectivity index (χ0n) is 11.1. The highest BCUT2D eigenvalue weighted by Crippen LogP contribution is 2.20. The van der Waals surface area contributed by atoms with Gasteiger partial charge in [-0.15, -0.1) is 22.7 Å². The van der Waals surface area contributed by atoms with Crippen LogP contribution in [0.5, 0.6) is 0 Å². The van der Waals surface area contributed by atoms with E-state index in [0.29, 0.717) is 17.2 Å². The maximum Gasteiger partial charge on any atom is 0.250 e. The number of aromatic nitrogens is 1. The molecule has 0 saturated carbocycles. The summed E-state index contributed by atoms with van der Waals surface area (Å²) < 4.78 is 27.0. The number of thiophene rings is 1. The molecule has 2 rings (SSSR count). The number of aryl methyl sites for hydroxylation is 3. The summed E-state index contributed by atoms with van der Waals surface area (Å²) in [5.41, 5.74) is 1.02. The first-order valence-electron chi connectivity index (χ1n) is 5.87. The fraction of sp³-hybridized carbons (Fsp3) is 0.417. The van der Waals surface area contributed by atoms with Gasteiger partial charge in [-0.2, -0.15) is 0 Å². The van der Waals surface area contributed by atoms with E-state index in [2.05, 4.69) is 9.71 Å². The molecule has 0 aliphatic rings. The van der Waals surface area contributed by atoms with Gasteiger partial charge in [0.05, 0.1) is 10.7 Å². The first kappa shape index (κ1) is 14.6. The Morgan fingerprint density at radius 2 is 1.95 bits per heavy atom. The number of nitrogens with zero attached hydrogens (tertiary/aromatic N) is 1. The third-order valence-electron chi connectivity index (χ3n) is 2.68. The van der Waals surface area contributed by atoms with E-state index in [1.165, 1.54) is 16.2 Å². The van der Waals surface area contributed by atoms with E-state index < -0.39 is 10.0 Å². The lowest BCUT2D eigenvalue weighted by Crippen LogP contribution is -2.25. The van der Waals surface area contributed by atoms with Crippen LogP contribution in [0.4, 0.5) is 0 Å². The van der Waals surface area contributed by atoms with E-state index in [0.717, 1.165) is 15.6 Å². The van der Waals surface area contributed by atoms with Crippen molar-refractivity contribution in [2.24, 2.45) is 0 Å². The molecule has 0 radical (unpaired) electrons. The molecule has 0 amide bonds. The average molecular weight is 316 g/mol. The summed E-state index contributed by atoms with van der Waals surface area (Å²) in [5.74, 6) is 0. The smallest absolute Gasteiger partial charge is 0.246 e. The van der Waals surface area contributed by atoms with Crippen LogP contribution < -0.4 is 4.72 Å². The number of rotatable bonds is 5. The standard InChI is InChI=1S/C12H16N2O2S3/c1-8-4-5-12(17-8)19(15,16)13-7-6-11-14-9(2)10(3)18-11/h4-5,13H,6-7H2,1-3H3. The molecular weight excluding hydrogens is 300 g/mol. The molecule has 2 aromatic rings. The maximum absolute atomic E-state index is 12.0. The van der Waals surface area contributed by atoms with Crippen LogP contribution in [0.2, 0.25) is 0 Å². The molecule has 2 heterocycles. The number of nitrogens with one attached hydrogen (secondary N) is 1. The molecule has 0 aliphatic carbocycles. The predicted octanol–water partition coefficient (Wildman–Crippen LogP) is 2.65. The van der Waals surface area contributed by atoms with Gasteiger partial charge in [-0.05, 0) is 32.9 Å². The van der Waals surface area contributed by atoms with Crippen molar-refractivity contribution in [2.45, 2.75) is 31.4 Å². The van der Waals surface area contributed by atoms with Crippen LogP contribution in [0, 0.1) is 20.8 Å². The van der Waals surface area contributed by atoms with E-state index >= 15 is 0 Å². The molecule has 0 aliphatic heterocycles. The SMILES string of the molecule is Cc1ccc(S(=O)(=O)NCCc2nc(C)c(C)s2)s1. The van der Waals surface area contributed by atoms with Gasteiger partial charge in [-0.1, -0.05) is 0 Å². The number of hydrogen-bond donors (Lipinski definition) is 1. The second-order valence-corrected chi connectivity index (χ2v) is 8.83. The molecule has 1 N–H and O–H groups in total. The fourth-order valence-corrected chi connectivity index (χ4v) is 4.86. The molecule has 0 spiro atoms. The van der Waals surface area contributed by atoms with E-state index in [4.69, 9.17) is 0 Å². The highest BCUT2D eigenvalue weighted by Gasteiger charge is 2.15.